The molecule has 0 aliphatic carbocycles. The Morgan fingerprint density at radius 3 is 2.20 bits per heavy atom. The van der Waals surface area contributed by atoms with Gasteiger partial charge in [-0.2, -0.15) is 0 Å². The van der Waals surface area contributed by atoms with Gasteiger partial charge in [0.1, 0.15) is 17.2 Å². The molecule has 0 aliphatic heterocycles. The molecule has 0 amide bonds. The van der Waals surface area contributed by atoms with E-state index in [0.717, 1.165) is 23.7 Å². The number of nitrogens with two attached hydrogens (primary N) is 1. The van der Waals surface area contributed by atoms with E-state index in [1.807, 2.05) is 48.5 Å². The molecule has 2 rings (SSSR count). The average molecular weight is 273 g/mol. The van der Waals surface area contributed by atoms with Gasteiger partial charge >= 0.3 is 0 Å². The number of para-hydroxylation sites is 2. The minimum absolute atomic E-state index is 0.574. The second kappa shape index (κ2) is 7.28. The summed E-state index contributed by atoms with van der Waals surface area (Å²) in [5.74, 6) is 2.36. The number of hydrogen-bond acceptors (Lipinski definition) is 4. The van der Waals surface area contributed by atoms with Crippen LogP contribution in [0.1, 0.15) is 6.42 Å². The fraction of sp³-hybridized carbons (Fsp3) is 0.250. The Kier molecular flexibility index (Phi) is 5.12. The van der Waals surface area contributed by atoms with Crippen LogP contribution in [0, 0.1) is 0 Å². The zero-order valence-electron chi connectivity index (χ0n) is 11.5. The van der Waals surface area contributed by atoms with Gasteiger partial charge in [-0.05, 0) is 36.4 Å². The third kappa shape index (κ3) is 4.09. The first kappa shape index (κ1) is 14.1. The first-order valence-electron chi connectivity index (χ1n) is 6.54. The summed E-state index contributed by atoms with van der Waals surface area (Å²) < 4.78 is 16.3. The summed E-state index contributed by atoms with van der Waals surface area (Å²) in [7, 11) is 1.64. The second-order valence-corrected chi connectivity index (χ2v) is 4.26. The fourth-order valence-corrected chi connectivity index (χ4v) is 1.72. The molecule has 0 spiro atoms. The maximum absolute atomic E-state index is 5.79. The predicted octanol–water partition coefficient (Wildman–Crippen LogP) is 3.13. The van der Waals surface area contributed by atoms with Crippen LogP contribution in [0.4, 0.5) is 5.69 Å². The Labute approximate surface area is 119 Å². The van der Waals surface area contributed by atoms with Gasteiger partial charge in [-0.15, -0.1) is 0 Å². The summed E-state index contributed by atoms with van der Waals surface area (Å²) in [5, 5.41) is 0. The van der Waals surface area contributed by atoms with Crippen molar-refractivity contribution in [1.29, 1.82) is 0 Å². The Morgan fingerprint density at radius 1 is 0.850 bits per heavy atom. The molecule has 0 fully saturated rings. The van der Waals surface area contributed by atoms with Crippen LogP contribution >= 0.6 is 0 Å². The van der Waals surface area contributed by atoms with Gasteiger partial charge in [0.15, 0.2) is 0 Å². The molecule has 4 nitrogen and oxygen atoms in total. The van der Waals surface area contributed by atoms with Crippen molar-refractivity contribution < 1.29 is 14.2 Å². The molecule has 0 saturated carbocycles. The van der Waals surface area contributed by atoms with Gasteiger partial charge < -0.3 is 19.9 Å². The molecule has 0 aromatic heterocycles. The van der Waals surface area contributed by atoms with E-state index >= 15 is 0 Å². The summed E-state index contributed by atoms with van der Waals surface area (Å²) in [5.41, 5.74) is 6.44. The summed E-state index contributed by atoms with van der Waals surface area (Å²) in [6, 6.07) is 15.0. The van der Waals surface area contributed by atoms with Crippen LogP contribution in [-0.2, 0) is 0 Å². The number of anilines is 1. The monoisotopic (exact) mass is 273 g/mol. The molecule has 2 aromatic rings. The van der Waals surface area contributed by atoms with Crippen LogP contribution in [0.15, 0.2) is 48.5 Å². The lowest BCUT2D eigenvalue weighted by Crippen LogP contribution is -2.06. The van der Waals surface area contributed by atoms with Gasteiger partial charge in [-0.3, -0.25) is 0 Å². The zero-order valence-corrected chi connectivity index (χ0v) is 11.5. The zero-order chi connectivity index (χ0) is 14.2. The molecule has 0 bridgehead atoms. The number of rotatable bonds is 7. The average Bonchev–Trinajstić information content (AvgIpc) is 2.49. The second-order valence-electron chi connectivity index (χ2n) is 4.26. The molecule has 0 aliphatic rings. The van der Waals surface area contributed by atoms with Crippen molar-refractivity contribution in [1.82, 2.24) is 0 Å². The molecule has 106 valence electrons. The van der Waals surface area contributed by atoms with Crippen LogP contribution < -0.4 is 19.9 Å². The number of benzene rings is 2. The van der Waals surface area contributed by atoms with E-state index in [4.69, 9.17) is 19.9 Å². The molecule has 20 heavy (non-hydrogen) atoms. The lowest BCUT2D eigenvalue weighted by atomic mass is 10.3. The molecule has 0 unspecified atom stereocenters. The van der Waals surface area contributed by atoms with Crippen LogP contribution in [0.5, 0.6) is 17.2 Å². The fourth-order valence-electron chi connectivity index (χ4n) is 1.72. The van der Waals surface area contributed by atoms with E-state index < -0.39 is 0 Å². The third-order valence-electron chi connectivity index (χ3n) is 2.79. The Morgan fingerprint density at radius 2 is 1.50 bits per heavy atom. The first-order chi connectivity index (χ1) is 9.79. The van der Waals surface area contributed by atoms with Crippen LogP contribution in [0.2, 0.25) is 0 Å². The molecule has 2 aromatic carbocycles. The Balaban J connectivity index is 1.67. The quantitative estimate of drug-likeness (QED) is 0.622. The Hall–Kier alpha value is -2.36. The molecular weight excluding hydrogens is 254 g/mol. The first-order valence-corrected chi connectivity index (χ1v) is 6.54. The van der Waals surface area contributed by atoms with E-state index in [1.165, 1.54) is 0 Å². The van der Waals surface area contributed by atoms with Gasteiger partial charge in [0, 0.05) is 6.42 Å². The maximum Gasteiger partial charge on any atom is 0.142 e. The largest absolute Gasteiger partial charge is 0.497 e. The van der Waals surface area contributed by atoms with Crippen molar-refractivity contribution >= 4 is 5.69 Å². The highest BCUT2D eigenvalue weighted by Crippen LogP contribution is 2.20. The molecular formula is C16H19NO3. The summed E-state index contributed by atoms with van der Waals surface area (Å²) in [4.78, 5) is 0. The SMILES string of the molecule is COc1ccc(OCCCOc2ccccc2N)cc1. The van der Waals surface area contributed by atoms with Crippen LogP contribution in [0.3, 0.4) is 0 Å². The van der Waals surface area contributed by atoms with E-state index in [2.05, 4.69) is 0 Å². The third-order valence-corrected chi connectivity index (χ3v) is 2.79. The summed E-state index contributed by atoms with van der Waals surface area (Å²) >= 11 is 0. The smallest absolute Gasteiger partial charge is 0.142 e. The molecule has 4 heteroatoms. The maximum atomic E-state index is 5.79. The van der Waals surface area contributed by atoms with Crippen LogP contribution in [-0.4, -0.2) is 20.3 Å². The van der Waals surface area contributed by atoms with Crippen molar-refractivity contribution in [3.05, 3.63) is 48.5 Å². The minimum Gasteiger partial charge on any atom is -0.497 e. The van der Waals surface area contributed by atoms with Gasteiger partial charge in [-0.1, -0.05) is 12.1 Å². The van der Waals surface area contributed by atoms with Crippen molar-refractivity contribution in [3.63, 3.8) is 0 Å². The number of hydrogen-bond donors (Lipinski definition) is 1. The van der Waals surface area contributed by atoms with E-state index in [0.29, 0.717) is 18.9 Å². The number of ether oxygens (including phenoxy) is 3. The van der Waals surface area contributed by atoms with Gasteiger partial charge in [-0.25, -0.2) is 0 Å². The van der Waals surface area contributed by atoms with Crippen molar-refractivity contribution in [3.8, 4) is 17.2 Å². The van der Waals surface area contributed by atoms with Gasteiger partial charge in [0.25, 0.3) is 0 Å². The van der Waals surface area contributed by atoms with Gasteiger partial charge in [0.2, 0.25) is 0 Å². The van der Waals surface area contributed by atoms with E-state index in [9.17, 15) is 0 Å². The predicted molar refractivity (Wildman–Crippen MR) is 79.5 cm³/mol. The van der Waals surface area contributed by atoms with Crippen LogP contribution in [0.25, 0.3) is 0 Å². The van der Waals surface area contributed by atoms with Gasteiger partial charge in [0.05, 0.1) is 26.0 Å². The number of nitrogen functional groups attached to an aromatic ring is 1. The normalized spacial score (nSPS) is 10.1. The Bertz CT molecular complexity index is 526. The molecule has 0 saturated heterocycles. The molecule has 0 heterocycles. The van der Waals surface area contributed by atoms with Crippen molar-refractivity contribution in [2.24, 2.45) is 0 Å². The highest BCUT2D eigenvalue weighted by Gasteiger charge is 1.99. The number of methoxy groups -OCH3 is 1. The van der Waals surface area contributed by atoms with Crippen molar-refractivity contribution in [2.45, 2.75) is 6.42 Å². The highest BCUT2D eigenvalue weighted by atomic mass is 16.5. The molecule has 0 atom stereocenters. The standard InChI is InChI=1S/C16H19NO3/c1-18-13-7-9-14(10-8-13)19-11-4-12-20-16-6-3-2-5-15(16)17/h2-3,5-10H,4,11-12,17H2,1H3. The lowest BCUT2D eigenvalue weighted by molar-refractivity contribution is 0.248. The van der Waals surface area contributed by atoms with Crippen molar-refractivity contribution in [2.75, 3.05) is 26.1 Å². The summed E-state index contributed by atoms with van der Waals surface area (Å²) in [6.45, 7) is 1.17. The highest BCUT2D eigenvalue weighted by molar-refractivity contribution is 5.51. The topological polar surface area (TPSA) is 53.7 Å². The molecule has 0 radical (unpaired) electrons. The molecule has 2 N–H and O–H groups in total. The van der Waals surface area contributed by atoms with E-state index in [1.54, 1.807) is 7.11 Å². The summed E-state index contributed by atoms with van der Waals surface area (Å²) in [6.07, 6.45) is 0.792. The minimum atomic E-state index is 0.574. The lowest BCUT2D eigenvalue weighted by Gasteiger charge is -2.09. The van der Waals surface area contributed by atoms with E-state index in [-0.39, 0.29) is 0 Å².